The molecule has 0 fully saturated rings. The number of rotatable bonds is 5. The molecule has 1 amide bonds. The number of nitrogens with two attached hydrogens (primary N) is 1. The third kappa shape index (κ3) is 3.62. The van der Waals surface area contributed by atoms with E-state index < -0.39 is 5.82 Å². The van der Waals surface area contributed by atoms with Gasteiger partial charge in [-0.25, -0.2) is 4.39 Å². The Kier molecular flexibility index (Phi) is 5.21. The van der Waals surface area contributed by atoms with Gasteiger partial charge >= 0.3 is 0 Å². The van der Waals surface area contributed by atoms with Crippen molar-refractivity contribution in [1.82, 2.24) is 4.98 Å². The summed E-state index contributed by atoms with van der Waals surface area (Å²) in [4.78, 5) is 14.9. The van der Waals surface area contributed by atoms with Crippen LogP contribution in [0.2, 0.25) is 0 Å². The van der Waals surface area contributed by atoms with Crippen LogP contribution in [0.3, 0.4) is 0 Å². The number of halogens is 1. The minimum absolute atomic E-state index is 0.0337. The van der Waals surface area contributed by atoms with Gasteiger partial charge in [-0.1, -0.05) is 20.8 Å². The van der Waals surface area contributed by atoms with Crippen LogP contribution < -0.4 is 16.4 Å². The molecule has 1 aromatic carbocycles. The van der Waals surface area contributed by atoms with Gasteiger partial charge in [0.15, 0.2) is 5.82 Å². The van der Waals surface area contributed by atoms with E-state index in [4.69, 9.17) is 5.73 Å². The van der Waals surface area contributed by atoms with Gasteiger partial charge in [0.25, 0.3) is 0 Å². The maximum atomic E-state index is 14.9. The van der Waals surface area contributed by atoms with Gasteiger partial charge in [0.1, 0.15) is 11.1 Å². The van der Waals surface area contributed by atoms with Gasteiger partial charge in [0.05, 0.1) is 21.6 Å². The first-order valence-corrected chi connectivity index (χ1v) is 9.41. The summed E-state index contributed by atoms with van der Waals surface area (Å²) < 4.78 is 15.7. The van der Waals surface area contributed by atoms with Crippen LogP contribution in [-0.4, -0.2) is 17.9 Å². The van der Waals surface area contributed by atoms with Gasteiger partial charge in [0.2, 0.25) is 6.41 Å². The lowest BCUT2D eigenvalue weighted by atomic mass is 9.97. The van der Waals surface area contributed by atoms with E-state index in [0.717, 1.165) is 9.70 Å². The number of pyridine rings is 1. The highest BCUT2D eigenvalue weighted by Crippen LogP contribution is 2.42. The number of nitrogens with one attached hydrogen (secondary N) is 2. The maximum absolute atomic E-state index is 14.9. The number of benzene rings is 1. The van der Waals surface area contributed by atoms with Crippen LogP contribution in [0.15, 0.2) is 24.5 Å². The zero-order valence-corrected chi connectivity index (χ0v) is 16.6. The van der Waals surface area contributed by atoms with Crippen molar-refractivity contribution in [2.75, 3.05) is 22.9 Å². The Morgan fingerprint density at radius 3 is 2.71 bits per heavy atom. The van der Waals surface area contributed by atoms with E-state index in [9.17, 15) is 14.4 Å². The molecule has 0 spiro atoms. The first-order valence-electron chi connectivity index (χ1n) is 8.60. The third-order valence-electron chi connectivity index (χ3n) is 4.18. The molecule has 0 radical (unpaired) electrons. The average Bonchev–Trinajstić information content (AvgIpc) is 3.01. The van der Waals surface area contributed by atoms with Crippen LogP contribution in [-0.2, 0) is 4.79 Å². The SMILES string of the molecule is CC(C)(C)CNc1sc2cncc(-c3ccc(NC=O)c(N)c3F)c2c1C#N. The quantitative estimate of drug-likeness (QED) is 0.432. The molecular weight excluding hydrogens is 377 g/mol. The van der Waals surface area contributed by atoms with Gasteiger partial charge in [-0.15, -0.1) is 11.3 Å². The average molecular weight is 397 g/mol. The van der Waals surface area contributed by atoms with Crippen molar-refractivity contribution < 1.29 is 9.18 Å². The number of anilines is 3. The Labute approximate surface area is 166 Å². The van der Waals surface area contributed by atoms with Gasteiger partial charge in [-0.3, -0.25) is 9.78 Å². The molecule has 0 saturated heterocycles. The monoisotopic (exact) mass is 397 g/mol. The molecule has 144 valence electrons. The Hall–Kier alpha value is -3.18. The van der Waals surface area contributed by atoms with E-state index in [1.807, 2.05) is 0 Å². The Bertz CT molecular complexity index is 1090. The van der Waals surface area contributed by atoms with Crippen molar-refractivity contribution in [3.8, 4) is 17.2 Å². The number of amides is 1. The molecule has 2 heterocycles. The summed E-state index contributed by atoms with van der Waals surface area (Å²) in [6.45, 7) is 6.98. The lowest BCUT2D eigenvalue weighted by Gasteiger charge is -2.18. The number of carbonyl (C=O) groups excluding carboxylic acids is 1. The fourth-order valence-corrected chi connectivity index (χ4v) is 3.86. The fraction of sp³-hybridized carbons (Fsp3) is 0.250. The Morgan fingerprint density at radius 2 is 2.07 bits per heavy atom. The highest BCUT2D eigenvalue weighted by molar-refractivity contribution is 7.23. The van der Waals surface area contributed by atoms with Crippen molar-refractivity contribution in [3.63, 3.8) is 0 Å². The molecule has 0 aliphatic carbocycles. The molecule has 0 unspecified atom stereocenters. The minimum atomic E-state index is -0.666. The van der Waals surface area contributed by atoms with Crippen LogP contribution in [0.25, 0.3) is 21.2 Å². The number of thiophene rings is 1. The molecule has 28 heavy (non-hydrogen) atoms. The van der Waals surface area contributed by atoms with E-state index in [1.165, 1.54) is 29.7 Å². The van der Waals surface area contributed by atoms with Crippen molar-refractivity contribution in [2.45, 2.75) is 20.8 Å². The minimum Gasteiger partial charge on any atom is -0.395 e. The zero-order chi connectivity index (χ0) is 20.5. The van der Waals surface area contributed by atoms with Gasteiger partial charge in [0, 0.05) is 35.5 Å². The van der Waals surface area contributed by atoms with Crippen molar-refractivity contribution in [2.24, 2.45) is 5.41 Å². The summed E-state index contributed by atoms with van der Waals surface area (Å²) in [6.07, 6.45) is 3.62. The fourth-order valence-electron chi connectivity index (χ4n) is 2.82. The van der Waals surface area contributed by atoms with E-state index in [2.05, 4.69) is 42.5 Å². The van der Waals surface area contributed by atoms with Crippen molar-refractivity contribution in [1.29, 1.82) is 5.26 Å². The molecule has 3 aromatic rings. The number of hydrogen-bond acceptors (Lipinski definition) is 6. The van der Waals surface area contributed by atoms with Crippen LogP contribution in [0.4, 0.5) is 20.8 Å². The maximum Gasteiger partial charge on any atom is 0.211 e. The molecule has 0 aliphatic heterocycles. The molecule has 0 aliphatic rings. The summed E-state index contributed by atoms with van der Waals surface area (Å²) in [6, 6.07) is 5.29. The van der Waals surface area contributed by atoms with Crippen LogP contribution >= 0.6 is 11.3 Å². The lowest BCUT2D eigenvalue weighted by Crippen LogP contribution is -2.18. The van der Waals surface area contributed by atoms with Gasteiger partial charge in [-0.2, -0.15) is 5.26 Å². The number of nitrogen functional groups attached to an aromatic ring is 1. The summed E-state index contributed by atoms with van der Waals surface area (Å²) in [5.74, 6) is -0.666. The van der Waals surface area contributed by atoms with Gasteiger partial charge in [-0.05, 0) is 17.5 Å². The van der Waals surface area contributed by atoms with E-state index in [-0.39, 0.29) is 22.4 Å². The first kappa shape index (κ1) is 19.6. The predicted octanol–water partition coefficient (Wildman–Crippen LogP) is 4.58. The molecule has 0 bridgehead atoms. The number of nitrogens with zero attached hydrogens (tertiary/aromatic N) is 2. The Balaban J connectivity index is 2.18. The van der Waals surface area contributed by atoms with Crippen LogP contribution in [0, 0.1) is 22.6 Å². The van der Waals surface area contributed by atoms with Gasteiger partial charge < -0.3 is 16.4 Å². The second kappa shape index (κ2) is 7.44. The number of nitriles is 1. The highest BCUT2D eigenvalue weighted by Gasteiger charge is 2.21. The standard InChI is InChI=1S/C20H20FN5OS/c1-20(2,3)9-25-19-12(6-22)16-13(7-24-8-15(16)28-19)11-4-5-14(26-10-27)18(23)17(11)21/h4-5,7-8,10,25H,9,23H2,1-3H3,(H,26,27). The summed E-state index contributed by atoms with van der Waals surface area (Å²) in [5, 5.41) is 16.8. The number of hydrogen-bond donors (Lipinski definition) is 3. The van der Waals surface area contributed by atoms with Crippen LogP contribution in [0.5, 0.6) is 0 Å². The molecule has 4 N–H and O–H groups in total. The number of aromatic nitrogens is 1. The number of fused-ring (bicyclic) bond motifs is 1. The first-order chi connectivity index (χ1) is 13.3. The second-order valence-corrected chi connectivity index (χ2v) is 8.60. The summed E-state index contributed by atoms with van der Waals surface area (Å²) in [5.41, 5.74) is 7.05. The lowest BCUT2D eigenvalue weighted by molar-refractivity contribution is -0.105. The highest BCUT2D eigenvalue weighted by atomic mass is 32.1. The summed E-state index contributed by atoms with van der Waals surface area (Å²) >= 11 is 1.41. The third-order valence-corrected chi connectivity index (χ3v) is 5.26. The van der Waals surface area contributed by atoms with E-state index >= 15 is 0 Å². The zero-order valence-electron chi connectivity index (χ0n) is 15.8. The normalized spacial score (nSPS) is 11.2. The molecule has 6 nitrogen and oxygen atoms in total. The molecule has 0 saturated carbocycles. The smallest absolute Gasteiger partial charge is 0.211 e. The molecular formula is C20H20FN5OS. The molecule has 8 heteroatoms. The van der Waals surface area contributed by atoms with E-state index in [0.29, 0.717) is 29.5 Å². The topological polar surface area (TPSA) is 104 Å². The number of carbonyl (C=O) groups is 1. The second-order valence-electron chi connectivity index (χ2n) is 7.54. The molecule has 2 aromatic heterocycles. The summed E-state index contributed by atoms with van der Waals surface area (Å²) in [7, 11) is 0. The largest absolute Gasteiger partial charge is 0.395 e. The van der Waals surface area contributed by atoms with E-state index in [1.54, 1.807) is 6.20 Å². The Morgan fingerprint density at radius 1 is 1.32 bits per heavy atom. The predicted molar refractivity (Wildman–Crippen MR) is 112 cm³/mol. The van der Waals surface area contributed by atoms with Crippen molar-refractivity contribution in [3.05, 3.63) is 35.9 Å². The molecule has 3 rings (SSSR count). The van der Waals surface area contributed by atoms with Crippen molar-refractivity contribution >= 4 is 44.2 Å². The molecule has 0 atom stereocenters. The van der Waals surface area contributed by atoms with Crippen LogP contribution in [0.1, 0.15) is 26.3 Å².